The maximum absolute atomic E-state index is 9.55. The van der Waals surface area contributed by atoms with Gasteiger partial charge in [0.1, 0.15) is 35.4 Å². The number of aliphatic imine (C=N–C) groups is 2. The fourth-order valence-corrected chi connectivity index (χ4v) is 4.52. The van der Waals surface area contributed by atoms with Crippen molar-refractivity contribution < 1.29 is 9.84 Å². The Morgan fingerprint density at radius 1 is 1.21 bits per heavy atom. The van der Waals surface area contributed by atoms with Crippen LogP contribution in [0.3, 0.4) is 0 Å². The number of anilines is 3. The fourth-order valence-electron chi connectivity index (χ4n) is 4.52. The van der Waals surface area contributed by atoms with Crippen LogP contribution in [0.25, 0.3) is 0 Å². The molecule has 206 valence electrons. The number of fused-ring (bicyclic) bond motifs is 1. The van der Waals surface area contributed by atoms with Crippen LogP contribution >= 0.6 is 0 Å². The molecular weight excluding hydrogens is 492 g/mol. The highest BCUT2D eigenvalue weighted by atomic mass is 16.5. The number of ether oxygens (including phenoxy) is 1. The van der Waals surface area contributed by atoms with Gasteiger partial charge in [0.25, 0.3) is 0 Å². The van der Waals surface area contributed by atoms with E-state index in [1.807, 2.05) is 45.9 Å². The Morgan fingerprint density at radius 3 is 2.69 bits per heavy atom. The summed E-state index contributed by atoms with van der Waals surface area (Å²) in [6.07, 6.45) is 9.82. The van der Waals surface area contributed by atoms with Crippen molar-refractivity contribution in [1.29, 1.82) is 0 Å². The average Bonchev–Trinajstić information content (AvgIpc) is 2.86. The lowest BCUT2D eigenvalue weighted by molar-refractivity contribution is -0.0434. The Hall–Kier alpha value is -4.05. The standard InChI is InChI=1S/C20H20N8O.C9H18O/c1-12-7-14(28-20-19-16(25-11-26-20)9-23-13(2)27-19)3-4-17(12)29-15-5-6-22-18(8-15)24-10-21;1-4-7-5-8(6-7)9(2,3)10/h3-11,13,27H,1-2H3,(H2,21,22,24)(H,25,26,28);7-8,10H,4-6H2,1-3H3. The van der Waals surface area contributed by atoms with Gasteiger partial charge in [-0.2, -0.15) is 0 Å². The van der Waals surface area contributed by atoms with Crippen molar-refractivity contribution in [1.82, 2.24) is 15.0 Å². The Balaban J connectivity index is 0.000000298. The summed E-state index contributed by atoms with van der Waals surface area (Å²) in [4.78, 5) is 21.0. The van der Waals surface area contributed by atoms with Crippen LogP contribution in [-0.4, -0.2) is 44.4 Å². The molecule has 3 aromatic rings. The molecule has 39 heavy (non-hydrogen) atoms. The molecule has 1 atom stereocenters. The van der Waals surface area contributed by atoms with Crippen molar-refractivity contribution in [3.8, 4) is 11.5 Å². The Morgan fingerprint density at radius 2 is 2.00 bits per heavy atom. The number of benzene rings is 1. The zero-order chi connectivity index (χ0) is 28.0. The third-order valence-corrected chi connectivity index (χ3v) is 7.05. The molecule has 3 heterocycles. The summed E-state index contributed by atoms with van der Waals surface area (Å²) >= 11 is 0. The molecule has 10 nitrogen and oxygen atoms in total. The first kappa shape index (κ1) is 28.0. The Bertz CT molecular complexity index is 1330. The molecule has 2 aliphatic rings. The molecule has 0 radical (unpaired) electrons. The summed E-state index contributed by atoms with van der Waals surface area (Å²) in [5.41, 5.74) is 8.32. The van der Waals surface area contributed by atoms with Gasteiger partial charge in [0.15, 0.2) is 11.6 Å². The molecule has 10 heteroatoms. The zero-order valence-electron chi connectivity index (χ0n) is 23.2. The van der Waals surface area contributed by atoms with Gasteiger partial charge in [-0.25, -0.2) is 19.9 Å². The van der Waals surface area contributed by atoms with Crippen LogP contribution in [0.15, 0.2) is 52.8 Å². The predicted octanol–water partition coefficient (Wildman–Crippen LogP) is 5.72. The minimum absolute atomic E-state index is 0.0274. The minimum atomic E-state index is -0.425. The summed E-state index contributed by atoms with van der Waals surface area (Å²) < 4.78 is 5.97. The van der Waals surface area contributed by atoms with E-state index in [0.717, 1.165) is 34.3 Å². The van der Waals surface area contributed by atoms with Crippen LogP contribution in [0.5, 0.6) is 11.5 Å². The van der Waals surface area contributed by atoms with Gasteiger partial charge in [-0.05, 0) is 82.2 Å². The fraction of sp³-hybridized carbons (Fsp3) is 0.414. The summed E-state index contributed by atoms with van der Waals surface area (Å²) in [6.45, 7) is 10.0. The first-order valence-corrected chi connectivity index (χ1v) is 13.3. The second kappa shape index (κ2) is 12.2. The van der Waals surface area contributed by atoms with E-state index in [1.165, 1.54) is 31.9 Å². The van der Waals surface area contributed by atoms with Gasteiger partial charge in [-0.15, -0.1) is 0 Å². The zero-order valence-corrected chi connectivity index (χ0v) is 23.2. The monoisotopic (exact) mass is 530 g/mol. The van der Waals surface area contributed by atoms with Crippen molar-refractivity contribution in [2.45, 2.75) is 65.6 Å². The second-order valence-corrected chi connectivity index (χ2v) is 10.5. The molecule has 1 fully saturated rings. The van der Waals surface area contributed by atoms with E-state index in [9.17, 15) is 5.11 Å². The van der Waals surface area contributed by atoms with Crippen molar-refractivity contribution in [2.75, 3.05) is 10.6 Å². The molecular formula is C29H38N8O2. The van der Waals surface area contributed by atoms with E-state index in [0.29, 0.717) is 23.3 Å². The van der Waals surface area contributed by atoms with Gasteiger partial charge in [0.2, 0.25) is 0 Å². The quantitative estimate of drug-likeness (QED) is 0.224. The summed E-state index contributed by atoms with van der Waals surface area (Å²) in [6, 6.07) is 9.30. The third-order valence-electron chi connectivity index (χ3n) is 7.05. The summed E-state index contributed by atoms with van der Waals surface area (Å²) in [5, 5.41) is 16.2. The van der Waals surface area contributed by atoms with E-state index in [4.69, 9.17) is 10.5 Å². The first-order valence-electron chi connectivity index (χ1n) is 13.3. The highest BCUT2D eigenvalue weighted by molar-refractivity contribution is 5.92. The lowest BCUT2D eigenvalue weighted by Crippen LogP contribution is -2.40. The van der Waals surface area contributed by atoms with Gasteiger partial charge in [0.05, 0.1) is 18.2 Å². The predicted molar refractivity (Wildman–Crippen MR) is 157 cm³/mol. The van der Waals surface area contributed by atoms with Gasteiger partial charge in [0, 0.05) is 18.0 Å². The number of hydrogen-bond donors (Lipinski definition) is 4. The SMILES string of the molecule is CCC1CC(C(C)(C)O)C1.Cc1cc(Nc2ncnc3c2NC(C)N=C3)ccc1Oc1ccnc(N=CN)c1. The molecule has 5 rings (SSSR count). The number of rotatable bonds is 7. The molecule has 1 unspecified atom stereocenters. The van der Waals surface area contributed by atoms with E-state index in [-0.39, 0.29) is 6.17 Å². The van der Waals surface area contributed by atoms with Gasteiger partial charge < -0.3 is 26.2 Å². The van der Waals surface area contributed by atoms with E-state index >= 15 is 0 Å². The minimum Gasteiger partial charge on any atom is -0.457 e. The number of aliphatic hydroxyl groups is 1. The summed E-state index contributed by atoms with van der Waals surface area (Å²) in [5.74, 6) is 4.01. The van der Waals surface area contributed by atoms with Crippen LogP contribution in [-0.2, 0) is 0 Å². The molecule has 1 aliphatic heterocycles. The van der Waals surface area contributed by atoms with E-state index in [2.05, 4.69) is 42.5 Å². The smallest absolute Gasteiger partial charge is 0.158 e. The van der Waals surface area contributed by atoms with Crippen molar-refractivity contribution in [2.24, 2.45) is 27.6 Å². The molecule has 0 spiro atoms. The van der Waals surface area contributed by atoms with E-state index in [1.54, 1.807) is 24.5 Å². The largest absolute Gasteiger partial charge is 0.457 e. The van der Waals surface area contributed by atoms with Crippen LogP contribution in [0.4, 0.5) is 23.0 Å². The molecule has 2 aromatic heterocycles. The first-order chi connectivity index (χ1) is 18.7. The van der Waals surface area contributed by atoms with Crippen LogP contribution < -0.4 is 21.1 Å². The molecule has 1 saturated carbocycles. The highest BCUT2D eigenvalue weighted by Crippen LogP contribution is 2.42. The van der Waals surface area contributed by atoms with Crippen molar-refractivity contribution >= 4 is 35.6 Å². The normalized spacial score (nSPS) is 19.8. The number of aryl methyl sites for hydroxylation is 1. The topological polar surface area (TPSA) is 143 Å². The van der Waals surface area contributed by atoms with E-state index < -0.39 is 5.60 Å². The molecule has 0 bridgehead atoms. The van der Waals surface area contributed by atoms with Crippen LogP contribution in [0.1, 0.15) is 58.2 Å². The number of nitrogens with two attached hydrogens (primary N) is 1. The molecule has 1 aromatic carbocycles. The summed E-state index contributed by atoms with van der Waals surface area (Å²) in [7, 11) is 0. The lowest BCUT2D eigenvalue weighted by atomic mass is 9.67. The van der Waals surface area contributed by atoms with Gasteiger partial charge >= 0.3 is 0 Å². The second-order valence-electron chi connectivity index (χ2n) is 10.5. The number of aromatic nitrogens is 3. The highest BCUT2D eigenvalue weighted by Gasteiger charge is 2.37. The van der Waals surface area contributed by atoms with Crippen LogP contribution in [0.2, 0.25) is 0 Å². The maximum Gasteiger partial charge on any atom is 0.158 e. The Kier molecular flexibility index (Phi) is 8.75. The number of nitrogens with one attached hydrogen (secondary N) is 2. The third kappa shape index (κ3) is 7.29. The molecule has 0 amide bonds. The number of pyridine rings is 1. The maximum atomic E-state index is 9.55. The van der Waals surface area contributed by atoms with Crippen LogP contribution in [0, 0.1) is 18.8 Å². The average molecular weight is 531 g/mol. The molecule has 5 N–H and O–H groups in total. The number of nitrogens with zero attached hydrogens (tertiary/aromatic N) is 5. The van der Waals surface area contributed by atoms with Crippen molar-refractivity contribution in [3.05, 3.63) is 54.1 Å². The molecule has 0 saturated heterocycles. The lowest BCUT2D eigenvalue weighted by Gasteiger charge is -2.42. The molecule has 1 aliphatic carbocycles. The Labute approximate surface area is 229 Å². The number of hydrogen-bond acceptors (Lipinski definition) is 9. The van der Waals surface area contributed by atoms with Crippen molar-refractivity contribution in [3.63, 3.8) is 0 Å². The van der Waals surface area contributed by atoms with Gasteiger partial charge in [-0.1, -0.05) is 13.3 Å². The van der Waals surface area contributed by atoms with Gasteiger partial charge in [-0.3, -0.25) is 4.99 Å².